The number of likely N-dealkylation sites (tertiary alicyclic amines) is 1. The summed E-state index contributed by atoms with van der Waals surface area (Å²) in [6.45, 7) is 4.46. The Morgan fingerprint density at radius 3 is 2.61 bits per heavy atom. The number of nitro benzene ring substituents is 1. The highest BCUT2D eigenvalue weighted by Crippen LogP contribution is 2.49. The van der Waals surface area contributed by atoms with Gasteiger partial charge in [-0.3, -0.25) is 24.5 Å². The molecular weight excluding hydrogens is 508 g/mol. The first-order chi connectivity index (χ1) is 18.1. The maximum absolute atomic E-state index is 13.8. The zero-order chi connectivity index (χ0) is 27.4. The Hall–Kier alpha value is -4.13. The third-order valence-corrected chi connectivity index (χ3v) is 8.55. The van der Waals surface area contributed by atoms with Gasteiger partial charge in [0.1, 0.15) is 5.54 Å². The van der Waals surface area contributed by atoms with Gasteiger partial charge in [-0.05, 0) is 48.2 Å². The highest BCUT2D eigenvalue weighted by molar-refractivity contribution is 7.21. The van der Waals surface area contributed by atoms with E-state index < -0.39 is 28.2 Å². The molecule has 1 fully saturated rings. The second-order valence-electron chi connectivity index (χ2n) is 9.51. The van der Waals surface area contributed by atoms with Crippen LogP contribution in [0, 0.1) is 10.1 Å². The quantitative estimate of drug-likeness (QED) is 0.166. The van der Waals surface area contributed by atoms with Crippen LogP contribution in [0.4, 0.5) is 11.4 Å². The summed E-state index contributed by atoms with van der Waals surface area (Å²) >= 11 is 1.13. The summed E-state index contributed by atoms with van der Waals surface area (Å²) < 4.78 is 0.578. The minimum absolute atomic E-state index is 0.140. The normalized spacial score (nSPS) is 22.8. The SMILES string of the molecule is C=CC(=O)N1CCCC(NC(=O)c2sc3c(N)ccc4c3c2C(N)C(=O)C4(N)c2ccc([N+](=O)[O-])cc2)C1. The van der Waals surface area contributed by atoms with E-state index in [4.69, 9.17) is 17.2 Å². The number of anilines is 1. The minimum Gasteiger partial charge on any atom is -0.398 e. The monoisotopic (exact) mass is 534 g/mol. The second-order valence-corrected chi connectivity index (χ2v) is 10.5. The molecule has 3 atom stereocenters. The molecular formula is C26H26N6O5S. The summed E-state index contributed by atoms with van der Waals surface area (Å²) in [6, 6.07) is 7.19. The van der Waals surface area contributed by atoms with E-state index in [1.54, 1.807) is 17.0 Å². The van der Waals surface area contributed by atoms with Crippen LogP contribution in [0.3, 0.4) is 0 Å². The topological polar surface area (TPSA) is 188 Å². The van der Waals surface area contributed by atoms with Crippen molar-refractivity contribution in [1.29, 1.82) is 0 Å². The number of piperidine rings is 1. The number of amides is 2. The van der Waals surface area contributed by atoms with Crippen molar-refractivity contribution in [3.05, 3.63) is 80.7 Å². The maximum Gasteiger partial charge on any atom is 0.269 e. The zero-order valence-corrected chi connectivity index (χ0v) is 21.1. The van der Waals surface area contributed by atoms with E-state index in [0.29, 0.717) is 52.0 Å². The van der Waals surface area contributed by atoms with Gasteiger partial charge in [-0.15, -0.1) is 11.3 Å². The fourth-order valence-corrected chi connectivity index (χ4v) is 6.57. The molecule has 2 heterocycles. The van der Waals surface area contributed by atoms with Gasteiger partial charge in [0.25, 0.3) is 11.6 Å². The summed E-state index contributed by atoms with van der Waals surface area (Å²) in [6.07, 6.45) is 2.67. The zero-order valence-electron chi connectivity index (χ0n) is 20.3. The number of rotatable bonds is 5. The number of hydrogen-bond donors (Lipinski definition) is 4. The molecule has 38 heavy (non-hydrogen) atoms. The standard InChI is InChI=1S/C26H26N6O5S/c1-2-18(33)31-11-3-4-14(12-31)30-25(35)23-20-19-16(9-10-17(27)22(19)38-23)26(29,24(34)21(20)28)13-5-7-15(8-6-13)32(36)37/h2,5-10,14,21H,1,3-4,11-12,27-29H2,(H,30,35). The molecule has 0 radical (unpaired) electrons. The molecule has 0 saturated carbocycles. The molecule has 2 aliphatic rings. The predicted molar refractivity (Wildman–Crippen MR) is 144 cm³/mol. The molecule has 3 aromatic rings. The third-order valence-electron chi connectivity index (χ3n) is 7.30. The van der Waals surface area contributed by atoms with Gasteiger partial charge in [0, 0.05) is 47.9 Å². The lowest BCUT2D eigenvalue weighted by Gasteiger charge is -2.36. The van der Waals surface area contributed by atoms with E-state index >= 15 is 0 Å². The first-order valence-electron chi connectivity index (χ1n) is 12.0. The van der Waals surface area contributed by atoms with Crippen LogP contribution in [-0.2, 0) is 15.1 Å². The van der Waals surface area contributed by atoms with E-state index in [0.717, 1.165) is 17.8 Å². The molecule has 1 aliphatic heterocycles. The average molecular weight is 535 g/mol. The highest BCUT2D eigenvalue weighted by atomic mass is 32.1. The Morgan fingerprint density at radius 2 is 1.95 bits per heavy atom. The van der Waals surface area contributed by atoms with E-state index in [2.05, 4.69) is 11.9 Å². The number of nitrogens with one attached hydrogen (secondary N) is 1. The first kappa shape index (κ1) is 25.5. The van der Waals surface area contributed by atoms with Gasteiger partial charge in [-0.2, -0.15) is 0 Å². The van der Waals surface area contributed by atoms with Crippen molar-refractivity contribution in [1.82, 2.24) is 10.2 Å². The van der Waals surface area contributed by atoms with Crippen molar-refractivity contribution < 1.29 is 19.3 Å². The fraction of sp³-hybridized carbons (Fsp3) is 0.269. The molecule has 0 bridgehead atoms. The molecule has 12 heteroatoms. The first-order valence-corrected chi connectivity index (χ1v) is 12.8. The van der Waals surface area contributed by atoms with Crippen LogP contribution in [0.2, 0.25) is 0 Å². The van der Waals surface area contributed by atoms with E-state index in [1.807, 2.05) is 0 Å². The lowest BCUT2D eigenvalue weighted by atomic mass is 9.70. The number of nitrogens with zero attached hydrogens (tertiary/aromatic N) is 2. The average Bonchev–Trinajstić information content (AvgIpc) is 3.33. The fourth-order valence-electron chi connectivity index (χ4n) is 5.37. The number of non-ortho nitro benzene ring substituents is 1. The summed E-state index contributed by atoms with van der Waals surface area (Å²) in [4.78, 5) is 51.8. The van der Waals surface area contributed by atoms with Crippen molar-refractivity contribution in [2.45, 2.75) is 30.5 Å². The van der Waals surface area contributed by atoms with Gasteiger partial charge in [-0.25, -0.2) is 0 Å². The molecule has 196 valence electrons. The Kier molecular flexibility index (Phi) is 6.25. The van der Waals surface area contributed by atoms with Crippen LogP contribution in [0.1, 0.15) is 45.2 Å². The van der Waals surface area contributed by atoms with E-state index in [9.17, 15) is 24.5 Å². The molecule has 2 aromatic carbocycles. The number of carbonyl (C=O) groups is 3. The second kappa shape index (κ2) is 9.31. The number of nitrogen functional groups attached to an aromatic ring is 1. The summed E-state index contributed by atoms with van der Waals surface area (Å²) in [7, 11) is 0. The van der Waals surface area contributed by atoms with Gasteiger partial charge in [0.05, 0.1) is 20.5 Å². The number of nitrogens with two attached hydrogens (primary N) is 3. The van der Waals surface area contributed by atoms with Gasteiger partial charge in [0.2, 0.25) is 5.91 Å². The van der Waals surface area contributed by atoms with E-state index in [1.165, 1.54) is 30.3 Å². The van der Waals surface area contributed by atoms with Gasteiger partial charge in [-0.1, -0.05) is 12.6 Å². The highest BCUT2D eigenvalue weighted by Gasteiger charge is 2.49. The van der Waals surface area contributed by atoms with Crippen LogP contribution >= 0.6 is 11.3 Å². The Bertz CT molecular complexity index is 1520. The maximum atomic E-state index is 13.8. The molecule has 7 N–H and O–H groups in total. The summed E-state index contributed by atoms with van der Waals surface area (Å²) in [5.41, 5.74) is 19.2. The van der Waals surface area contributed by atoms with Gasteiger partial charge < -0.3 is 27.4 Å². The molecule has 5 rings (SSSR count). The largest absolute Gasteiger partial charge is 0.398 e. The molecule has 1 saturated heterocycles. The predicted octanol–water partition coefficient (Wildman–Crippen LogP) is 2.08. The van der Waals surface area contributed by atoms with Gasteiger partial charge >= 0.3 is 0 Å². The number of benzene rings is 2. The molecule has 2 amide bonds. The van der Waals surface area contributed by atoms with Gasteiger partial charge in [0.15, 0.2) is 5.78 Å². The van der Waals surface area contributed by atoms with Crippen LogP contribution < -0.4 is 22.5 Å². The van der Waals surface area contributed by atoms with Crippen molar-refractivity contribution in [3.63, 3.8) is 0 Å². The van der Waals surface area contributed by atoms with Crippen LogP contribution in [0.25, 0.3) is 10.1 Å². The third kappa shape index (κ3) is 3.85. The number of nitro groups is 1. The number of ketones is 1. The minimum atomic E-state index is -1.70. The number of Topliss-reactive ketones (excluding diaryl/α,β-unsaturated/α-hetero) is 1. The molecule has 1 aliphatic carbocycles. The van der Waals surface area contributed by atoms with Crippen molar-refractivity contribution in [2.75, 3.05) is 18.8 Å². The molecule has 1 aromatic heterocycles. The van der Waals surface area contributed by atoms with Crippen molar-refractivity contribution in [2.24, 2.45) is 11.5 Å². The lowest BCUT2D eigenvalue weighted by Crippen LogP contribution is -2.53. The van der Waals surface area contributed by atoms with Crippen molar-refractivity contribution >= 4 is 50.4 Å². The van der Waals surface area contributed by atoms with Crippen LogP contribution in [0.15, 0.2) is 49.1 Å². The van der Waals surface area contributed by atoms with Crippen LogP contribution in [-0.4, -0.2) is 46.6 Å². The summed E-state index contributed by atoms with van der Waals surface area (Å²) in [5.74, 6) is -1.15. The Labute approximate surface area is 221 Å². The van der Waals surface area contributed by atoms with Crippen molar-refractivity contribution in [3.8, 4) is 0 Å². The lowest BCUT2D eigenvalue weighted by molar-refractivity contribution is -0.384. The Balaban J connectivity index is 1.58. The van der Waals surface area contributed by atoms with Crippen LogP contribution in [0.5, 0.6) is 0 Å². The smallest absolute Gasteiger partial charge is 0.269 e. The Morgan fingerprint density at radius 1 is 1.24 bits per heavy atom. The molecule has 0 spiro atoms. The molecule has 11 nitrogen and oxygen atoms in total. The number of carbonyl (C=O) groups excluding carboxylic acids is 3. The number of thiophene rings is 1. The number of hydrogen-bond acceptors (Lipinski definition) is 9. The molecule has 3 unspecified atom stereocenters. The van der Waals surface area contributed by atoms with E-state index in [-0.39, 0.29) is 22.5 Å². The summed E-state index contributed by atoms with van der Waals surface area (Å²) in [5, 5.41) is 14.7.